The number of hydrogen-bond donors (Lipinski definition) is 3. The van der Waals surface area contributed by atoms with Gasteiger partial charge in [-0.1, -0.05) is 11.6 Å². The Morgan fingerprint density at radius 1 is 1.13 bits per heavy atom. The lowest BCUT2D eigenvalue weighted by Gasteiger charge is -2.37. The third-order valence-corrected chi connectivity index (χ3v) is 8.71. The van der Waals surface area contributed by atoms with Crippen LogP contribution < -0.4 is 16.0 Å². The molecule has 1 aromatic heterocycles. The zero-order valence-electron chi connectivity index (χ0n) is 21.7. The second-order valence-electron chi connectivity index (χ2n) is 10.4. The summed E-state index contributed by atoms with van der Waals surface area (Å²) in [4.78, 5) is 48.1. The molecule has 0 spiro atoms. The molecule has 3 heterocycles. The molecule has 12 heteroatoms. The predicted molar refractivity (Wildman–Crippen MR) is 145 cm³/mol. The summed E-state index contributed by atoms with van der Waals surface area (Å²) in [5.41, 5.74) is 1.64. The van der Waals surface area contributed by atoms with Gasteiger partial charge in [-0.05, 0) is 50.6 Å². The molecule has 2 fully saturated rings. The number of rotatable bonds is 6. The highest BCUT2D eigenvalue weighted by Crippen LogP contribution is 2.42. The number of carbonyl (C=O) groups is 3. The predicted octanol–water partition coefficient (Wildman–Crippen LogP) is 2.15. The first-order valence-electron chi connectivity index (χ1n) is 12.8. The summed E-state index contributed by atoms with van der Waals surface area (Å²) in [7, 11) is 5.61. The van der Waals surface area contributed by atoms with E-state index < -0.39 is 11.8 Å². The van der Waals surface area contributed by atoms with Crippen molar-refractivity contribution in [2.24, 2.45) is 5.92 Å². The summed E-state index contributed by atoms with van der Waals surface area (Å²) in [6.45, 7) is 1.90. The van der Waals surface area contributed by atoms with Gasteiger partial charge in [-0.3, -0.25) is 19.7 Å². The molecule has 2 aromatic rings. The lowest BCUT2D eigenvalue weighted by Crippen LogP contribution is -2.56. The van der Waals surface area contributed by atoms with Crippen molar-refractivity contribution in [3.63, 3.8) is 0 Å². The van der Waals surface area contributed by atoms with Crippen LogP contribution in [0, 0.1) is 5.92 Å². The van der Waals surface area contributed by atoms with Crippen LogP contribution >= 0.6 is 22.9 Å². The van der Waals surface area contributed by atoms with Crippen LogP contribution in [0.25, 0.3) is 0 Å². The maximum Gasteiger partial charge on any atom is 0.313 e. The largest absolute Gasteiger partial charge is 0.349 e. The highest BCUT2D eigenvalue weighted by atomic mass is 35.5. The minimum Gasteiger partial charge on any atom is -0.349 e. The van der Waals surface area contributed by atoms with Crippen molar-refractivity contribution in [2.75, 3.05) is 33.0 Å². The number of epoxide rings is 1. The number of hydrogen-bond acceptors (Lipinski definition) is 8. The number of anilines is 1. The summed E-state index contributed by atoms with van der Waals surface area (Å²) in [6, 6.07) is 5.99. The molecule has 5 rings (SSSR count). The van der Waals surface area contributed by atoms with Crippen molar-refractivity contribution in [1.29, 1.82) is 0 Å². The molecule has 2 aliphatic heterocycles. The van der Waals surface area contributed by atoms with Gasteiger partial charge < -0.3 is 25.2 Å². The first-order valence-corrected chi connectivity index (χ1v) is 14.0. The Morgan fingerprint density at radius 2 is 1.89 bits per heavy atom. The van der Waals surface area contributed by atoms with E-state index in [-0.39, 0.29) is 36.2 Å². The lowest BCUT2D eigenvalue weighted by molar-refractivity contribution is -0.137. The molecule has 1 saturated heterocycles. The number of fused-ring (bicyclic) bond motifs is 1. The molecular weight excluding hydrogens is 528 g/mol. The van der Waals surface area contributed by atoms with Gasteiger partial charge in [-0.25, -0.2) is 4.98 Å². The Hall–Kier alpha value is -2.57. The van der Waals surface area contributed by atoms with Crippen LogP contribution in [0.4, 0.5) is 5.69 Å². The minimum atomic E-state index is -0.753. The topological polar surface area (TPSA) is 119 Å². The number of aromatic nitrogens is 1. The number of ether oxygens (including phenoxy) is 1. The van der Waals surface area contributed by atoms with Gasteiger partial charge >= 0.3 is 11.8 Å². The van der Waals surface area contributed by atoms with Gasteiger partial charge in [-0.15, -0.1) is 11.3 Å². The second kappa shape index (κ2) is 11.3. The van der Waals surface area contributed by atoms with Crippen LogP contribution in [0.3, 0.4) is 0 Å². The number of benzene rings is 1. The number of thiazole rings is 1. The first kappa shape index (κ1) is 27.0. The van der Waals surface area contributed by atoms with Crippen molar-refractivity contribution in [3.05, 3.63) is 44.9 Å². The zero-order chi connectivity index (χ0) is 27.0. The fourth-order valence-corrected chi connectivity index (χ4v) is 6.55. The molecule has 2 unspecified atom stereocenters. The molecule has 0 bridgehead atoms. The number of halogens is 1. The standard InChI is InChI=1S/C26H33ClN6O4S/c1-32(2)26(36)14-4-9-17(29-23(35)22(34)28-16-7-5-15(27)6-8-16)19(12-14)30-24-21(37-24)25-31-18-10-11-33(3)13-20(18)38-25/h5-8,14,17,19,21,24,30H,4,9-13H2,1-3H3,(H,28,34)(H,29,35)/t14-,17-,19+,21?,24?/m0/s1. The molecule has 1 aromatic carbocycles. The second-order valence-corrected chi connectivity index (χ2v) is 12.0. The third kappa shape index (κ3) is 6.18. The summed E-state index contributed by atoms with van der Waals surface area (Å²) < 4.78 is 5.97. The summed E-state index contributed by atoms with van der Waals surface area (Å²) in [5, 5.41) is 10.5. The van der Waals surface area contributed by atoms with Gasteiger partial charge in [0.05, 0.1) is 5.69 Å². The van der Waals surface area contributed by atoms with Crippen LogP contribution in [0.2, 0.25) is 5.02 Å². The van der Waals surface area contributed by atoms with Crippen LogP contribution in [0.15, 0.2) is 24.3 Å². The fourth-order valence-electron chi connectivity index (χ4n) is 5.17. The molecule has 38 heavy (non-hydrogen) atoms. The van der Waals surface area contributed by atoms with Gasteiger partial charge in [0.25, 0.3) is 0 Å². The molecular formula is C26H33ClN6O4S. The molecule has 10 nitrogen and oxygen atoms in total. The highest BCUT2D eigenvalue weighted by molar-refractivity contribution is 7.11. The van der Waals surface area contributed by atoms with Crippen molar-refractivity contribution >= 4 is 46.3 Å². The maximum atomic E-state index is 12.8. The fraction of sp³-hybridized carbons (Fsp3) is 0.538. The average Bonchev–Trinajstić information content (AvgIpc) is 3.53. The van der Waals surface area contributed by atoms with Gasteiger partial charge in [0.15, 0.2) is 6.10 Å². The Labute approximate surface area is 231 Å². The number of likely N-dealkylation sites (N-methyl/N-ethyl adjacent to an activating group) is 1. The monoisotopic (exact) mass is 560 g/mol. The molecule has 5 atom stereocenters. The Morgan fingerprint density at radius 3 is 2.63 bits per heavy atom. The smallest absolute Gasteiger partial charge is 0.313 e. The highest BCUT2D eigenvalue weighted by Gasteiger charge is 2.47. The summed E-state index contributed by atoms with van der Waals surface area (Å²) in [5.74, 6) is -1.58. The quantitative estimate of drug-likeness (QED) is 0.366. The van der Waals surface area contributed by atoms with Crippen LogP contribution in [-0.4, -0.2) is 78.5 Å². The van der Waals surface area contributed by atoms with E-state index in [1.54, 1.807) is 54.6 Å². The van der Waals surface area contributed by atoms with Crippen LogP contribution in [-0.2, 0) is 32.1 Å². The van der Waals surface area contributed by atoms with Crippen LogP contribution in [0.1, 0.15) is 40.9 Å². The summed E-state index contributed by atoms with van der Waals surface area (Å²) in [6.07, 6.45) is 2.27. The number of amides is 3. The van der Waals surface area contributed by atoms with Gasteiger partial charge in [0.2, 0.25) is 5.91 Å². The normalized spacial score (nSPS) is 26.8. The molecule has 0 radical (unpaired) electrons. The Bertz CT molecular complexity index is 1200. The molecule has 204 valence electrons. The molecule has 1 saturated carbocycles. The molecule has 3 amide bonds. The van der Waals surface area contributed by atoms with E-state index in [2.05, 4.69) is 27.9 Å². The van der Waals surface area contributed by atoms with Crippen molar-refractivity contribution in [1.82, 2.24) is 25.4 Å². The van der Waals surface area contributed by atoms with E-state index in [4.69, 9.17) is 21.3 Å². The zero-order valence-corrected chi connectivity index (χ0v) is 23.3. The van der Waals surface area contributed by atoms with Crippen molar-refractivity contribution in [3.8, 4) is 0 Å². The van der Waals surface area contributed by atoms with E-state index in [1.165, 1.54) is 4.88 Å². The van der Waals surface area contributed by atoms with E-state index in [9.17, 15) is 14.4 Å². The van der Waals surface area contributed by atoms with Crippen molar-refractivity contribution in [2.45, 2.75) is 56.6 Å². The van der Waals surface area contributed by atoms with E-state index >= 15 is 0 Å². The van der Waals surface area contributed by atoms with Gasteiger partial charge in [0, 0.05) is 67.2 Å². The Balaban J connectivity index is 1.23. The molecule has 3 N–H and O–H groups in total. The van der Waals surface area contributed by atoms with Gasteiger partial charge in [0.1, 0.15) is 11.2 Å². The first-order chi connectivity index (χ1) is 18.2. The van der Waals surface area contributed by atoms with Gasteiger partial charge in [-0.2, -0.15) is 0 Å². The Kier molecular flexibility index (Phi) is 8.01. The van der Waals surface area contributed by atoms with Crippen LogP contribution in [0.5, 0.6) is 0 Å². The van der Waals surface area contributed by atoms with Crippen molar-refractivity contribution < 1.29 is 19.1 Å². The SMILES string of the molecule is CN1CCc2nc(C3OC3N[C@@H]3C[C@@H](C(=O)N(C)C)CC[C@@H]3NC(=O)C(=O)Nc3ccc(Cl)cc3)sc2C1. The summed E-state index contributed by atoms with van der Waals surface area (Å²) >= 11 is 7.59. The molecule has 1 aliphatic carbocycles. The molecule has 3 aliphatic rings. The third-order valence-electron chi connectivity index (χ3n) is 7.32. The number of nitrogens with zero attached hydrogens (tertiary/aromatic N) is 3. The minimum absolute atomic E-state index is 0.0621. The number of carbonyl (C=O) groups excluding carboxylic acids is 3. The lowest BCUT2D eigenvalue weighted by atomic mass is 9.81. The number of nitrogens with one attached hydrogen (secondary N) is 3. The average molecular weight is 561 g/mol. The van der Waals surface area contributed by atoms with E-state index in [0.29, 0.717) is 30.0 Å². The van der Waals surface area contributed by atoms with E-state index in [1.807, 2.05) is 0 Å². The maximum absolute atomic E-state index is 12.8. The van der Waals surface area contributed by atoms with E-state index in [0.717, 1.165) is 30.2 Å².